The molecule has 0 saturated heterocycles. The van der Waals surface area contributed by atoms with Gasteiger partial charge in [0.15, 0.2) is 5.82 Å². The molecule has 2 bridgehead atoms. The fourth-order valence-corrected chi connectivity index (χ4v) is 4.34. The van der Waals surface area contributed by atoms with Gasteiger partial charge in [-0.2, -0.15) is 4.98 Å². The highest BCUT2D eigenvalue weighted by atomic mass is 32.2. The van der Waals surface area contributed by atoms with E-state index in [1.165, 1.54) is 31.0 Å². The minimum absolute atomic E-state index is 0.0803. The van der Waals surface area contributed by atoms with Crippen LogP contribution >= 0.6 is 11.8 Å². The van der Waals surface area contributed by atoms with E-state index in [9.17, 15) is 4.79 Å². The van der Waals surface area contributed by atoms with Crippen LogP contribution in [0.1, 0.15) is 25.7 Å². The second-order valence-electron chi connectivity index (χ2n) is 6.32. The number of aromatic amines is 1. The molecule has 2 aliphatic rings. The number of nitrogens with zero attached hydrogens (tertiary/aromatic N) is 3. The highest BCUT2D eigenvalue weighted by molar-refractivity contribution is 7.99. The number of fused-ring (bicyclic) bond motifs is 2. The summed E-state index contributed by atoms with van der Waals surface area (Å²) in [6.07, 6.45) is 6.79. The lowest BCUT2D eigenvalue weighted by atomic mass is 9.95. The minimum atomic E-state index is 0.0803. The van der Waals surface area contributed by atoms with Crippen molar-refractivity contribution in [3.63, 3.8) is 0 Å². The molecule has 6 nitrogen and oxygen atoms in total. The summed E-state index contributed by atoms with van der Waals surface area (Å²) in [5.74, 6) is 2.60. The van der Waals surface area contributed by atoms with E-state index in [4.69, 9.17) is 0 Å². The van der Waals surface area contributed by atoms with E-state index in [1.54, 1.807) is 6.20 Å². The molecule has 0 unspecified atom stereocenters. The van der Waals surface area contributed by atoms with Gasteiger partial charge in [-0.3, -0.25) is 14.9 Å². The van der Waals surface area contributed by atoms with E-state index in [0.29, 0.717) is 28.7 Å². The van der Waals surface area contributed by atoms with Gasteiger partial charge in [0.2, 0.25) is 11.1 Å². The second kappa shape index (κ2) is 6.31. The van der Waals surface area contributed by atoms with Crippen molar-refractivity contribution in [1.82, 2.24) is 25.5 Å². The number of carbonyl (C=O) groups is 1. The van der Waals surface area contributed by atoms with Gasteiger partial charge in [-0.15, -0.1) is 5.10 Å². The van der Waals surface area contributed by atoms with Crippen LogP contribution in [-0.2, 0) is 4.79 Å². The summed E-state index contributed by atoms with van der Waals surface area (Å²) in [7, 11) is 0. The van der Waals surface area contributed by atoms with Crippen LogP contribution in [0.2, 0.25) is 0 Å². The van der Waals surface area contributed by atoms with Gasteiger partial charge in [0.05, 0.1) is 5.75 Å². The molecule has 23 heavy (non-hydrogen) atoms. The smallest absolute Gasteiger partial charge is 0.230 e. The summed E-state index contributed by atoms with van der Waals surface area (Å²) < 4.78 is 0. The van der Waals surface area contributed by atoms with Crippen molar-refractivity contribution in [1.29, 1.82) is 0 Å². The molecule has 2 aliphatic carbocycles. The van der Waals surface area contributed by atoms with Crippen LogP contribution in [0.25, 0.3) is 11.5 Å². The van der Waals surface area contributed by atoms with Crippen molar-refractivity contribution in [3.8, 4) is 11.5 Å². The number of H-pyrrole nitrogens is 1. The van der Waals surface area contributed by atoms with Gasteiger partial charge in [-0.05, 0) is 43.2 Å². The molecule has 0 aliphatic heterocycles. The van der Waals surface area contributed by atoms with Crippen molar-refractivity contribution in [2.75, 3.05) is 5.75 Å². The zero-order chi connectivity index (χ0) is 15.6. The first-order valence-corrected chi connectivity index (χ1v) is 9.02. The van der Waals surface area contributed by atoms with Crippen LogP contribution in [-0.4, -0.2) is 37.9 Å². The molecular weight excluding hydrogens is 310 g/mol. The van der Waals surface area contributed by atoms with Gasteiger partial charge in [0.1, 0.15) is 5.69 Å². The second-order valence-corrected chi connectivity index (χ2v) is 7.26. The zero-order valence-corrected chi connectivity index (χ0v) is 13.6. The fraction of sp³-hybridized carbons (Fsp3) is 0.500. The number of amides is 1. The van der Waals surface area contributed by atoms with Crippen LogP contribution in [0, 0.1) is 11.8 Å². The van der Waals surface area contributed by atoms with Crippen molar-refractivity contribution in [2.24, 2.45) is 11.8 Å². The van der Waals surface area contributed by atoms with Gasteiger partial charge in [-0.1, -0.05) is 24.2 Å². The number of hydrogen-bond acceptors (Lipinski definition) is 5. The molecule has 0 aromatic carbocycles. The first-order valence-electron chi connectivity index (χ1n) is 8.04. The third kappa shape index (κ3) is 3.24. The molecule has 2 N–H and O–H groups in total. The van der Waals surface area contributed by atoms with Gasteiger partial charge in [0, 0.05) is 12.2 Å². The Morgan fingerprint density at radius 1 is 1.35 bits per heavy atom. The first-order chi connectivity index (χ1) is 11.3. The molecule has 2 heterocycles. The Labute approximate surface area is 138 Å². The molecule has 2 fully saturated rings. The number of carbonyl (C=O) groups excluding carboxylic acids is 1. The fourth-order valence-electron chi connectivity index (χ4n) is 3.73. The van der Waals surface area contributed by atoms with Crippen molar-refractivity contribution in [2.45, 2.75) is 36.9 Å². The van der Waals surface area contributed by atoms with Crippen molar-refractivity contribution < 1.29 is 4.79 Å². The maximum absolute atomic E-state index is 12.1. The Morgan fingerprint density at radius 3 is 3.04 bits per heavy atom. The molecule has 3 atom stereocenters. The lowest BCUT2D eigenvalue weighted by Crippen LogP contribution is -2.39. The molecular formula is C16H19N5OS. The Bertz CT molecular complexity index is 689. The number of aromatic nitrogens is 4. The summed E-state index contributed by atoms with van der Waals surface area (Å²) in [6.45, 7) is 0. The topological polar surface area (TPSA) is 83.6 Å². The average Bonchev–Trinajstić information content (AvgIpc) is 3.30. The predicted octanol–water partition coefficient (Wildman–Crippen LogP) is 2.26. The molecule has 7 heteroatoms. The van der Waals surface area contributed by atoms with E-state index in [0.717, 1.165) is 18.0 Å². The van der Waals surface area contributed by atoms with Gasteiger partial charge in [0.25, 0.3) is 0 Å². The predicted molar refractivity (Wildman–Crippen MR) is 87.7 cm³/mol. The van der Waals surface area contributed by atoms with E-state index < -0.39 is 0 Å². The normalized spacial score (nSPS) is 25.7. The van der Waals surface area contributed by atoms with Crippen LogP contribution in [0.4, 0.5) is 0 Å². The summed E-state index contributed by atoms with van der Waals surface area (Å²) >= 11 is 1.35. The van der Waals surface area contributed by atoms with Crippen LogP contribution < -0.4 is 5.32 Å². The van der Waals surface area contributed by atoms with Crippen LogP contribution in [0.3, 0.4) is 0 Å². The summed E-state index contributed by atoms with van der Waals surface area (Å²) in [6, 6.07) is 6.02. The number of pyridine rings is 1. The molecule has 0 radical (unpaired) electrons. The Hall–Kier alpha value is -1.89. The first kappa shape index (κ1) is 14.7. The largest absolute Gasteiger partial charge is 0.352 e. The average molecular weight is 329 g/mol. The standard InChI is InChI=1S/C16H19N5OS/c22-14(18-13-8-10-4-5-11(13)7-10)9-23-16-19-15(20-21-16)12-3-1-2-6-17-12/h1-3,6,10-11,13H,4-5,7-9H2,(H,18,22)(H,19,20,21)/t10-,11+,13+/m0/s1. The van der Waals surface area contributed by atoms with E-state index in [-0.39, 0.29) is 5.91 Å². The van der Waals surface area contributed by atoms with E-state index in [1.807, 2.05) is 18.2 Å². The lowest BCUT2D eigenvalue weighted by molar-refractivity contribution is -0.119. The highest BCUT2D eigenvalue weighted by Crippen LogP contribution is 2.44. The van der Waals surface area contributed by atoms with Crippen molar-refractivity contribution in [3.05, 3.63) is 24.4 Å². The third-order valence-electron chi connectivity index (χ3n) is 4.79. The van der Waals surface area contributed by atoms with Gasteiger partial charge >= 0.3 is 0 Å². The maximum atomic E-state index is 12.1. The number of hydrogen-bond donors (Lipinski definition) is 2. The lowest BCUT2D eigenvalue weighted by Gasteiger charge is -2.22. The van der Waals surface area contributed by atoms with Crippen LogP contribution in [0.5, 0.6) is 0 Å². The Morgan fingerprint density at radius 2 is 2.30 bits per heavy atom. The monoisotopic (exact) mass is 329 g/mol. The number of nitrogens with one attached hydrogen (secondary N) is 2. The minimum Gasteiger partial charge on any atom is -0.352 e. The molecule has 2 aromatic rings. The summed E-state index contributed by atoms with van der Waals surface area (Å²) in [5, 5.41) is 10.8. The summed E-state index contributed by atoms with van der Waals surface area (Å²) in [5.41, 5.74) is 0.748. The maximum Gasteiger partial charge on any atom is 0.230 e. The molecule has 1 amide bonds. The Balaban J connectivity index is 1.29. The molecule has 4 rings (SSSR count). The van der Waals surface area contributed by atoms with E-state index >= 15 is 0 Å². The number of rotatable bonds is 5. The molecule has 2 saturated carbocycles. The van der Waals surface area contributed by atoms with Crippen molar-refractivity contribution >= 4 is 17.7 Å². The van der Waals surface area contributed by atoms with Gasteiger partial charge in [-0.25, -0.2) is 0 Å². The SMILES string of the molecule is O=C(CSc1n[nH]c(-c2ccccn2)n1)N[C@@H]1C[C@H]2CC[C@@H]1C2. The zero-order valence-electron chi connectivity index (χ0n) is 12.7. The quantitative estimate of drug-likeness (QED) is 0.822. The van der Waals surface area contributed by atoms with Gasteiger partial charge < -0.3 is 5.32 Å². The molecule has 120 valence electrons. The molecule has 2 aromatic heterocycles. The highest BCUT2D eigenvalue weighted by Gasteiger charge is 2.39. The third-order valence-corrected chi connectivity index (χ3v) is 5.64. The van der Waals surface area contributed by atoms with Crippen LogP contribution in [0.15, 0.2) is 29.6 Å². The van der Waals surface area contributed by atoms with E-state index in [2.05, 4.69) is 25.5 Å². The molecule has 0 spiro atoms. The summed E-state index contributed by atoms with van der Waals surface area (Å²) in [4.78, 5) is 20.7. The Kier molecular flexibility index (Phi) is 4.03. The number of thioether (sulfide) groups is 1.